The zero-order chi connectivity index (χ0) is 9.85. The molecule has 2 aliphatic rings. The Labute approximate surface area is 77.8 Å². The standard InChI is InChI=1S/C10H16O3/c1-9(2)6-3-4-10(5-6,7(9)11)8(12)13/h6-7,11H,3-5H2,1-2H3,(H,12,13)/p-1/t6-,7+,10-/m0/s1. The average molecular weight is 183 g/mol. The third-order valence-electron chi connectivity index (χ3n) is 4.24. The smallest absolute Gasteiger partial charge is 0.0702 e. The lowest BCUT2D eigenvalue weighted by molar-refractivity contribution is -0.324. The number of hydrogen-bond acceptors (Lipinski definition) is 3. The van der Waals surface area contributed by atoms with Gasteiger partial charge in [0.05, 0.1) is 12.1 Å². The van der Waals surface area contributed by atoms with Crippen molar-refractivity contribution in [1.82, 2.24) is 0 Å². The summed E-state index contributed by atoms with van der Waals surface area (Å²) in [6.07, 6.45) is 1.37. The van der Waals surface area contributed by atoms with Crippen LogP contribution in [0.15, 0.2) is 0 Å². The van der Waals surface area contributed by atoms with Crippen LogP contribution in [-0.2, 0) is 4.79 Å². The van der Waals surface area contributed by atoms with Gasteiger partial charge in [-0.3, -0.25) is 0 Å². The number of carboxylic acids is 1. The summed E-state index contributed by atoms with van der Waals surface area (Å²) in [5.74, 6) is -0.714. The van der Waals surface area contributed by atoms with Crippen molar-refractivity contribution >= 4 is 5.97 Å². The van der Waals surface area contributed by atoms with E-state index in [2.05, 4.69) is 0 Å². The number of carboxylic acid groups (broad SMARTS) is 1. The molecule has 0 heterocycles. The van der Waals surface area contributed by atoms with Gasteiger partial charge in [-0.2, -0.15) is 0 Å². The van der Waals surface area contributed by atoms with E-state index in [9.17, 15) is 15.0 Å². The third kappa shape index (κ3) is 0.857. The number of rotatable bonds is 1. The van der Waals surface area contributed by atoms with Crippen LogP contribution < -0.4 is 5.11 Å². The maximum absolute atomic E-state index is 11.0. The predicted octanol–water partition coefficient (Wildman–Crippen LogP) is -0.0765. The van der Waals surface area contributed by atoms with Crippen molar-refractivity contribution in [3.05, 3.63) is 0 Å². The van der Waals surface area contributed by atoms with Gasteiger partial charge in [0.25, 0.3) is 0 Å². The van der Waals surface area contributed by atoms with Gasteiger partial charge in [0.1, 0.15) is 0 Å². The Balaban J connectivity index is 2.40. The van der Waals surface area contributed by atoms with Gasteiger partial charge in [-0.1, -0.05) is 13.8 Å². The van der Waals surface area contributed by atoms with E-state index in [1.54, 1.807) is 0 Å². The van der Waals surface area contributed by atoms with Crippen LogP contribution >= 0.6 is 0 Å². The van der Waals surface area contributed by atoms with Crippen LogP contribution in [0.2, 0.25) is 0 Å². The Kier molecular flexibility index (Phi) is 1.57. The first-order chi connectivity index (χ1) is 5.91. The van der Waals surface area contributed by atoms with E-state index >= 15 is 0 Å². The Morgan fingerprint density at radius 3 is 2.46 bits per heavy atom. The summed E-state index contributed by atoms with van der Waals surface area (Å²) in [5, 5.41) is 21.0. The Morgan fingerprint density at radius 2 is 2.15 bits per heavy atom. The second-order valence-corrected chi connectivity index (χ2v) is 5.11. The molecule has 2 saturated carbocycles. The van der Waals surface area contributed by atoms with Crippen LogP contribution in [0.5, 0.6) is 0 Å². The molecule has 0 aliphatic heterocycles. The Hall–Kier alpha value is -0.570. The number of hydrogen-bond donors (Lipinski definition) is 1. The highest BCUT2D eigenvalue weighted by Crippen LogP contribution is 2.62. The van der Waals surface area contributed by atoms with Crippen LogP contribution in [0.25, 0.3) is 0 Å². The van der Waals surface area contributed by atoms with Crippen LogP contribution in [0.4, 0.5) is 0 Å². The molecule has 0 aromatic carbocycles. The predicted molar refractivity (Wildman–Crippen MR) is 44.6 cm³/mol. The quantitative estimate of drug-likeness (QED) is 0.618. The fourth-order valence-corrected chi connectivity index (χ4v) is 3.19. The van der Waals surface area contributed by atoms with Crippen molar-refractivity contribution in [2.45, 2.75) is 39.2 Å². The maximum atomic E-state index is 11.0. The Bertz CT molecular complexity index is 259. The molecule has 3 atom stereocenters. The van der Waals surface area contributed by atoms with E-state index in [1.807, 2.05) is 13.8 Å². The molecular weight excluding hydrogens is 168 g/mol. The summed E-state index contributed by atoms with van der Waals surface area (Å²) in [4.78, 5) is 11.0. The number of carbonyl (C=O) groups excluding carboxylic acids is 1. The van der Waals surface area contributed by atoms with Gasteiger partial charge in [0.2, 0.25) is 0 Å². The van der Waals surface area contributed by atoms with E-state index in [4.69, 9.17) is 0 Å². The lowest BCUT2D eigenvalue weighted by atomic mass is 9.69. The third-order valence-corrected chi connectivity index (χ3v) is 4.24. The molecule has 3 heteroatoms. The van der Waals surface area contributed by atoms with Gasteiger partial charge in [-0.05, 0) is 30.6 Å². The molecule has 1 N–H and O–H groups in total. The topological polar surface area (TPSA) is 60.4 Å². The molecule has 0 unspecified atom stereocenters. The first kappa shape index (κ1) is 9.00. The van der Waals surface area contributed by atoms with Crippen LogP contribution in [-0.4, -0.2) is 17.2 Å². The van der Waals surface area contributed by atoms with Crippen molar-refractivity contribution in [1.29, 1.82) is 0 Å². The largest absolute Gasteiger partial charge is 0.549 e. The summed E-state index contributed by atoms with van der Waals surface area (Å²) < 4.78 is 0. The molecule has 0 amide bonds. The SMILES string of the molecule is CC1(C)[C@H]2CC[C@](C(=O)[O-])(C2)[C@@H]1O. The molecule has 13 heavy (non-hydrogen) atoms. The van der Waals surface area contributed by atoms with E-state index in [-0.39, 0.29) is 5.41 Å². The average Bonchev–Trinajstić information content (AvgIpc) is 2.53. The zero-order valence-electron chi connectivity index (χ0n) is 8.04. The molecule has 0 radical (unpaired) electrons. The van der Waals surface area contributed by atoms with Gasteiger partial charge in [0, 0.05) is 5.41 Å². The van der Waals surface area contributed by atoms with Gasteiger partial charge in [0.15, 0.2) is 0 Å². The second kappa shape index (κ2) is 2.27. The number of aliphatic hydroxyl groups is 1. The number of aliphatic carboxylic acids is 1. The highest BCUT2D eigenvalue weighted by atomic mass is 16.4. The molecule has 3 nitrogen and oxygen atoms in total. The molecule has 0 aromatic rings. The van der Waals surface area contributed by atoms with Crippen molar-refractivity contribution in [2.75, 3.05) is 0 Å². The second-order valence-electron chi connectivity index (χ2n) is 5.11. The number of fused-ring (bicyclic) bond motifs is 2. The number of aliphatic hydroxyl groups excluding tert-OH is 1. The van der Waals surface area contributed by atoms with Crippen molar-refractivity contribution in [3.8, 4) is 0 Å². The molecule has 2 rings (SSSR count). The molecule has 2 fully saturated rings. The first-order valence-corrected chi connectivity index (χ1v) is 4.81. The van der Waals surface area contributed by atoms with Crippen LogP contribution in [0, 0.1) is 16.7 Å². The summed E-state index contributed by atoms with van der Waals surface area (Å²) in [6, 6.07) is 0. The number of carbonyl (C=O) groups is 1. The van der Waals surface area contributed by atoms with E-state index in [0.29, 0.717) is 18.8 Å². The summed E-state index contributed by atoms with van der Waals surface area (Å²) in [5.41, 5.74) is -1.19. The fourth-order valence-electron chi connectivity index (χ4n) is 3.19. The van der Waals surface area contributed by atoms with Crippen molar-refractivity contribution < 1.29 is 15.0 Å². The zero-order valence-corrected chi connectivity index (χ0v) is 8.04. The minimum Gasteiger partial charge on any atom is -0.549 e. The minimum absolute atomic E-state index is 0.252. The van der Waals surface area contributed by atoms with E-state index in [0.717, 1.165) is 6.42 Å². The molecule has 2 bridgehead atoms. The molecule has 0 spiro atoms. The molecule has 0 saturated heterocycles. The minimum atomic E-state index is -1.06. The summed E-state index contributed by atoms with van der Waals surface area (Å²) >= 11 is 0. The highest BCUT2D eigenvalue weighted by Gasteiger charge is 2.61. The van der Waals surface area contributed by atoms with Gasteiger partial charge < -0.3 is 15.0 Å². The maximum Gasteiger partial charge on any atom is 0.0702 e. The summed E-state index contributed by atoms with van der Waals surface area (Å²) in [6.45, 7) is 3.90. The Morgan fingerprint density at radius 1 is 1.54 bits per heavy atom. The molecular formula is C10H15O3-. The lowest BCUT2D eigenvalue weighted by Gasteiger charge is -2.41. The van der Waals surface area contributed by atoms with Gasteiger partial charge >= 0.3 is 0 Å². The molecule has 0 aromatic heterocycles. The highest BCUT2D eigenvalue weighted by molar-refractivity contribution is 5.75. The molecule has 74 valence electrons. The molecule has 2 aliphatic carbocycles. The normalized spacial score (nSPS) is 46.7. The lowest BCUT2D eigenvalue weighted by Crippen LogP contribution is -2.51. The van der Waals surface area contributed by atoms with Crippen molar-refractivity contribution in [2.24, 2.45) is 16.7 Å². The fraction of sp³-hybridized carbons (Fsp3) is 0.900. The first-order valence-electron chi connectivity index (χ1n) is 4.81. The van der Waals surface area contributed by atoms with E-state index in [1.165, 1.54) is 0 Å². The van der Waals surface area contributed by atoms with Gasteiger partial charge in [-0.15, -0.1) is 0 Å². The van der Waals surface area contributed by atoms with Crippen molar-refractivity contribution in [3.63, 3.8) is 0 Å². The van der Waals surface area contributed by atoms with Crippen LogP contribution in [0.1, 0.15) is 33.1 Å². The van der Waals surface area contributed by atoms with Crippen LogP contribution in [0.3, 0.4) is 0 Å². The monoisotopic (exact) mass is 183 g/mol. The van der Waals surface area contributed by atoms with Gasteiger partial charge in [-0.25, -0.2) is 0 Å². The summed E-state index contributed by atoms with van der Waals surface area (Å²) in [7, 11) is 0. The van der Waals surface area contributed by atoms with E-state index < -0.39 is 17.5 Å².